The van der Waals surface area contributed by atoms with Gasteiger partial charge in [0.1, 0.15) is 0 Å². The average molecular weight is 319 g/mol. The van der Waals surface area contributed by atoms with Crippen LogP contribution in [0, 0.1) is 5.92 Å². The van der Waals surface area contributed by atoms with E-state index in [2.05, 4.69) is 20.9 Å². The largest absolute Gasteiger partial charge is 0.332 e. The highest BCUT2D eigenvalue weighted by molar-refractivity contribution is 9.10. The standard InChI is InChI=1S/C14H11BrN2O2/c1-17-5-4-16-14(17)13(19)11-7-8-6-9(15)2-3-10(8)12(11)18/h2-6,11H,7H2,1H3. The number of halogens is 1. The van der Waals surface area contributed by atoms with E-state index >= 15 is 0 Å². The highest BCUT2D eigenvalue weighted by Gasteiger charge is 2.37. The molecule has 1 aliphatic rings. The molecule has 96 valence electrons. The molecular weight excluding hydrogens is 308 g/mol. The van der Waals surface area contributed by atoms with Crippen LogP contribution >= 0.6 is 15.9 Å². The number of fused-ring (bicyclic) bond motifs is 1. The summed E-state index contributed by atoms with van der Waals surface area (Å²) < 4.78 is 2.57. The van der Waals surface area contributed by atoms with Gasteiger partial charge in [0.25, 0.3) is 0 Å². The van der Waals surface area contributed by atoms with Gasteiger partial charge in [-0.15, -0.1) is 0 Å². The van der Waals surface area contributed by atoms with Crippen LogP contribution in [0.2, 0.25) is 0 Å². The van der Waals surface area contributed by atoms with Gasteiger partial charge in [0.15, 0.2) is 11.6 Å². The minimum absolute atomic E-state index is 0.101. The molecule has 0 aliphatic heterocycles. The van der Waals surface area contributed by atoms with Gasteiger partial charge >= 0.3 is 0 Å². The van der Waals surface area contributed by atoms with Crippen molar-refractivity contribution < 1.29 is 9.59 Å². The topological polar surface area (TPSA) is 52.0 Å². The van der Waals surface area contributed by atoms with Crippen molar-refractivity contribution in [1.29, 1.82) is 0 Å². The second kappa shape index (κ2) is 4.42. The van der Waals surface area contributed by atoms with E-state index in [0.717, 1.165) is 10.0 Å². The number of aryl methyl sites for hydroxylation is 1. The van der Waals surface area contributed by atoms with Crippen LogP contribution in [0.3, 0.4) is 0 Å². The number of carbonyl (C=O) groups is 2. The molecule has 1 aromatic carbocycles. The minimum atomic E-state index is -0.634. The third-order valence-corrected chi connectivity index (χ3v) is 3.92. The second-order valence-electron chi connectivity index (χ2n) is 4.65. The van der Waals surface area contributed by atoms with E-state index in [4.69, 9.17) is 0 Å². The van der Waals surface area contributed by atoms with Crippen LogP contribution in [0.1, 0.15) is 26.5 Å². The number of aromatic nitrogens is 2. The van der Waals surface area contributed by atoms with E-state index in [1.807, 2.05) is 12.1 Å². The van der Waals surface area contributed by atoms with Gasteiger partial charge in [-0.1, -0.05) is 15.9 Å². The minimum Gasteiger partial charge on any atom is -0.332 e. The number of hydrogen-bond donors (Lipinski definition) is 0. The van der Waals surface area contributed by atoms with E-state index in [0.29, 0.717) is 17.8 Å². The van der Waals surface area contributed by atoms with Gasteiger partial charge in [-0.3, -0.25) is 9.59 Å². The van der Waals surface area contributed by atoms with Gasteiger partial charge in [-0.2, -0.15) is 0 Å². The molecule has 0 bridgehead atoms. The monoisotopic (exact) mass is 318 g/mol. The third-order valence-electron chi connectivity index (χ3n) is 3.43. The van der Waals surface area contributed by atoms with Crippen LogP contribution in [0.15, 0.2) is 35.1 Å². The molecule has 0 radical (unpaired) electrons. The maximum atomic E-state index is 12.4. The molecule has 0 fully saturated rings. The van der Waals surface area contributed by atoms with Gasteiger partial charge in [0, 0.05) is 29.5 Å². The summed E-state index contributed by atoms with van der Waals surface area (Å²) in [6.07, 6.45) is 3.73. The van der Waals surface area contributed by atoms with Crippen molar-refractivity contribution in [2.75, 3.05) is 0 Å². The first kappa shape index (κ1) is 12.3. The first-order chi connectivity index (χ1) is 9.08. The number of nitrogens with zero attached hydrogens (tertiary/aromatic N) is 2. The Hall–Kier alpha value is -1.75. The zero-order valence-corrected chi connectivity index (χ0v) is 11.8. The Labute approximate surface area is 118 Å². The molecule has 0 saturated heterocycles. The number of ketones is 2. The SMILES string of the molecule is Cn1ccnc1C(=O)C1Cc2cc(Br)ccc2C1=O. The Kier molecular flexibility index (Phi) is 2.86. The summed E-state index contributed by atoms with van der Waals surface area (Å²) in [5, 5.41) is 0. The van der Waals surface area contributed by atoms with E-state index in [1.165, 1.54) is 0 Å². The van der Waals surface area contributed by atoms with Crippen LogP contribution < -0.4 is 0 Å². The molecule has 0 spiro atoms. The Bertz CT molecular complexity index is 691. The van der Waals surface area contributed by atoms with Crippen LogP contribution in [-0.4, -0.2) is 21.1 Å². The molecule has 1 heterocycles. The molecule has 4 nitrogen and oxygen atoms in total. The van der Waals surface area contributed by atoms with Gasteiger partial charge < -0.3 is 4.57 Å². The predicted octanol–water partition coefficient (Wildman–Crippen LogP) is 2.42. The van der Waals surface area contributed by atoms with Crippen LogP contribution in [0.4, 0.5) is 0 Å². The molecule has 19 heavy (non-hydrogen) atoms. The smallest absolute Gasteiger partial charge is 0.209 e. The Balaban J connectivity index is 1.96. The first-order valence-corrected chi connectivity index (χ1v) is 6.71. The Morgan fingerprint density at radius 2 is 2.26 bits per heavy atom. The van der Waals surface area contributed by atoms with Gasteiger partial charge in [0.05, 0.1) is 5.92 Å². The van der Waals surface area contributed by atoms with Crippen molar-refractivity contribution >= 4 is 27.5 Å². The second-order valence-corrected chi connectivity index (χ2v) is 5.56. The lowest BCUT2D eigenvalue weighted by atomic mass is 9.99. The van der Waals surface area contributed by atoms with E-state index in [9.17, 15) is 9.59 Å². The number of benzene rings is 1. The lowest BCUT2D eigenvalue weighted by molar-refractivity contribution is 0.0814. The summed E-state index contributed by atoms with van der Waals surface area (Å²) in [6, 6.07) is 5.50. The molecular formula is C14H11BrN2O2. The van der Waals surface area contributed by atoms with Crippen LogP contribution in [0.5, 0.6) is 0 Å². The maximum absolute atomic E-state index is 12.4. The Morgan fingerprint density at radius 3 is 2.95 bits per heavy atom. The average Bonchev–Trinajstić information content (AvgIpc) is 2.93. The molecule has 0 amide bonds. The molecule has 0 saturated carbocycles. The molecule has 1 aromatic heterocycles. The van der Waals surface area contributed by atoms with Crippen molar-refractivity contribution in [2.24, 2.45) is 13.0 Å². The van der Waals surface area contributed by atoms with Crippen molar-refractivity contribution in [1.82, 2.24) is 9.55 Å². The maximum Gasteiger partial charge on any atom is 0.209 e. The molecule has 1 atom stereocenters. The van der Waals surface area contributed by atoms with Crippen LogP contribution in [0.25, 0.3) is 0 Å². The number of rotatable bonds is 2. The zero-order chi connectivity index (χ0) is 13.6. The van der Waals surface area contributed by atoms with Crippen molar-refractivity contribution in [2.45, 2.75) is 6.42 Å². The van der Waals surface area contributed by atoms with Gasteiger partial charge in [-0.05, 0) is 30.2 Å². The van der Waals surface area contributed by atoms with Gasteiger partial charge in [-0.25, -0.2) is 4.98 Å². The zero-order valence-electron chi connectivity index (χ0n) is 10.3. The lowest BCUT2D eigenvalue weighted by Crippen LogP contribution is -2.23. The van der Waals surface area contributed by atoms with Crippen molar-refractivity contribution in [3.05, 3.63) is 52.0 Å². The number of carbonyl (C=O) groups excluding carboxylic acids is 2. The molecule has 2 aromatic rings. The fourth-order valence-electron chi connectivity index (χ4n) is 2.44. The molecule has 5 heteroatoms. The fraction of sp³-hybridized carbons (Fsp3) is 0.214. The van der Waals surface area contributed by atoms with E-state index in [1.54, 1.807) is 30.1 Å². The number of Topliss-reactive ketones (excluding diaryl/α,β-unsaturated/α-hetero) is 2. The van der Waals surface area contributed by atoms with Crippen molar-refractivity contribution in [3.8, 4) is 0 Å². The third kappa shape index (κ3) is 1.94. The molecule has 1 aliphatic carbocycles. The molecule has 0 N–H and O–H groups in total. The first-order valence-electron chi connectivity index (χ1n) is 5.92. The summed E-state index contributed by atoms with van der Waals surface area (Å²) in [7, 11) is 1.75. The highest BCUT2D eigenvalue weighted by Crippen LogP contribution is 2.30. The highest BCUT2D eigenvalue weighted by atomic mass is 79.9. The molecule has 3 rings (SSSR count). The van der Waals surface area contributed by atoms with Gasteiger partial charge in [0.2, 0.25) is 5.78 Å². The normalized spacial score (nSPS) is 17.6. The molecule has 1 unspecified atom stereocenters. The van der Waals surface area contributed by atoms with Crippen molar-refractivity contribution in [3.63, 3.8) is 0 Å². The summed E-state index contributed by atoms with van der Waals surface area (Å²) in [4.78, 5) is 28.7. The van der Waals surface area contributed by atoms with E-state index in [-0.39, 0.29) is 11.6 Å². The van der Waals surface area contributed by atoms with Crippen LogP contribution in [-0.2, 0) is 13.5 Å². The summed E-state index contributed by atoms with van der Waals surface area (Å²) in [5.41, 5.74) is 1.57. The number of imidazole rings is 1. The van der Waals surface area contributed by atoms with E-state index < -0.39 is 5.92 Å². The summed E-state index contributed by atoms with van der Waals surface area (Å²) in [5.74, 6) is -0.601. The predicted molar refractivity (Wildman–Crippen MR) is 73.2 cm³/mol. The summed E-state index contributed by atoms with van der Waals surface area (Å²) >= 11 is 3.38. The summed E-state index contributed by atoms with van der Waals surface area (Å²) in [6.45, 7) is 0. The number of hydrogen-bond acceptors (Lipinski definition) is 3. The lowest BCUT2D eigenvalue weighted by Gasteiger charge is -2.06. The fourth-order valence-corrected chi connectivity index (χ4v) is 2.85. The Morgan fingerprint density at radius 1 is 1.47 bits per heavy atom. The quantitative estimate of drug-likeness (QED) is 0.631.